The highest BCUT2D eigenvalue weighted by molar-refractivity contribution is 6.30. The van der Waals surface area contributed by atoms with Crippen molar-refractivity contribution in [1.29, 1.82) is 0 Å². The van der Waals surface area contributed by atoms with Gasteiger partial charge >= 0.3 is 0 Å². The first kappa shape index (κ1) is 12.7. The van der Waals surface area contributed by atoms with Crippen LogP contribution in [-0.4, -0.2) is 7.11 Å². The summed E-state index contributed by atoms with van der Waals surface area (Å²) < 4.78 is 5.38. The Bertz CT molecular complexity index is 411. The van der Waals surface area contributed by atoms with Crippen LogP contribution in [0.5, 0.6) is 5.75 Å². The van der Waals surface area contributed by atoms with E-state index in [0.717, 1.165) is 29.2 Å². The van der Waals surface area contributed by atoms with Crippen LogP contribution < -0.4 is 10.5 Å². The van der Waals surface area contributed by atoms with Crippen molar-refractivity contribution in [2.75, 3.05) is 7.11 Å². The van der Waals surface area contributed by atoms with E-state index in [2.05, 4.69) is 13.8 Å². The fourth-order valence-corrected chi connectivity index (χ4v) is 2.81. The molecular weight excluding hydrogens is 234 g/mol. The van der Waals surface area contributed by atoms with Crippen molar-refractivity contribution < 1.29 is 4.74 Å². The molecule has 2 N–H and O–H groups in total. The fraction of sp³-hybridized carbons (Fsp3) is 0.571. The summed E-state index contributed by atoms with van der Waals surface area (Å²) in [6, 6.07) is 5.68. The monoisotopic (exact) mass is 253 g/mol. The molecule has 0 heterocycles. The zero-order valence-corrected chi connectivity index (χ0v) is 11.4. The third-order valence-corrected chi connectivity index (χ3v) is 4.13. The van der Waals surface area contributed by atoms with Crippen LogP contribution in [0, 0.1) is 11.8 Å². The van der Waals surface area contributed by atoms with Gasteiger partial charge in [-0.3, -0.25) is 0 Å². The number of halogens is 1. The average Bonchev–Trinajstić information content (AvgIpc) is 2.24. The Morgan fingerprint density at radius 1 is 1.41 bits per heavy atom. The molecule has 0 bridgehead atoms. The highest BCUT2D eigenvalue weighted by atomic mass is 35.5. The first-order chi connectivity index (χ1) is 7.96. The van der Waals surface area contributed by atoms with E-state index in [1.54, 1.807) is 7.11 Å². The first-order valence-electron chi connectivity index (χ1n) is 6.09. The fourth-order valence-electron chi connectivity index (χ4n) is 2.64. The summed E-state index contributed by atoms with van der Waals surface area (Å²) in [5.74, 6) is 2.25. The number of ether oxygens (including phenoxy) is 1. The molecule has 94 valence electrons. The Kier molecular flexibility index (Phi) is 3.37. The molecule has 0 spiro atoms. The molecule has 0 saturated heterocycles. The van der Waals surface area contributed by atoms with Crippen molar-refractivity contribution >= 4 is 11.6 Å². The van der Waals surface area contributed by atoms with Crippen molar-refractivity contribution in [3.05, 3.63) is 28.8 Å². The maximum absolute atomic E-state index is 6.46. The van der Waals surface area contributed by atoms with E-state index in [1.807, 2.05) is 18.2 Å². The van der Waals surface area contributed by atoms with Crippen LogP contribution in [0.3, 0.4) is 0 Å². The van der Waals surface area contributed by atoms with Crippen LogP contribution >= 0.6 is 11.6 Å². The lowest BCUT2D eigenvalue weighted by atomic mass is 9.61. The minimum atomic E-state index is -0.259. The number of nitrogens with two attached hydrogens (primary N) is 1. The maximum atomic E-state index is 6.46. The SMILES string of the molecule is COc1ccc(Cl)cc1C1(N)CC(C(C)C)C1. The normalized spacial score (nSPS) is 28.0. The number of methoxy groups -OCH3 is 1. The molecule has 17 heavy (non-hydrogen) atoms. The summed E-state index contributed by atoms with van der Waals surface area (Å²) in [6.07, 6.45) is 2.03. The van der Waals surface area contributed by atoms with Gasteiger partial charge in [0.05, 0.1) is 7.11 Å². The van der Waals surface area contributed by atoms with Gasteiger partial charge in [-0.1, -0.05) is 25.4 Å². The van der Waals surface area contributed by atoms with Crippen molar-refractivity contribution in [1.82, 2.24) is 0 Å². The van der Waals surface area contributed by atoms with E-state index in [9.17, 15) is 0 Å². The summed E-state index contributed by atoms with van der Waals surface area (Å²) >= 11 is 6.05. The Balaban J connectivity index is 2.26. The summed E-state index contributed by atoms with van der Waals surface area (Å²) in [5.41, 5.74) is 7.25. The lowest BCUT2D eigenvalue weighted by Gasteiger charge is -2.47. The minimum absolute atomic E-state index is 0.259. The summed E-state index contributed by atoms with van der Waals surface area (Å²) in [6.45, 7) is 4.50. The molecule has 2 nitrogen and oxygen atoms in total. The van der Waals surface area contributed by atoms with Crippen LogP contribution in [0.25, 0.3) is 0 Å². The predicted molar refractivity (Wildman–Crippen MR) is 71.4 cm³/mol. The number of rotatable bonds is 3. The molecule has 1 saturated carbocycles. The van der Waals surface area contributed by atoms with Gasteiger partial charge in [0.1, 0.15) is 5.75 Å². The van der Waals surface area contributed by atoms with E-state index in [4.69, 9.17) is 22.1 Å². The van der Waals surface area contributed by atoms with Crippen LogP contribution in [-0.2, 0) is 5.54 Å². The van der Waals surface area contributed by atoms with Crippen molar-refractivity contribution in [3.8, 4) is 5.75 Å². The topological polar surface area (TPSA) is 35.2 Å². The van der Waals surface area contributed by atoms with Crippen molar-refractivity contribution in [3.63, 3.8) is 0 Å². The van der Waals surface area contributed by atoms with Crippen LogP contribution in [0.4, 0.5) is 0 Å². The highest BCUT2D eigenvalue weighted by Gasteiger charge is 2.44. The Labute approximate surface area is 108 Å². The molecule has 1 aromatic rings. The first-order valence-corrected chi connectivity index (χ1v) is 6.47. The van der Waals surface area contributed by atoms with E-state index in [1.165, 1.54) is 0 Å². The van der Waals surface area contributed by atoms with Crippen LogP contribution in [0.2, 0.25) is 5.02 Å². The lowest BCUT2D eigenvalue weighted by molar-refractivity contribution is 0.102. The number of benzene rings is 1. The van der Waals surface area contributed by atoms with Gasteiger partial charge in [0.2, 0.25) is 0 Å². The quantitative estimate of drug-likeness (QED) is 0.894. The lowest BCUT2D eigenvalue weighted by Crippen LogP contribution is -2.50. The van der Waals surface area contributed by atoms with Gasteiger partial charge in [0.25, 0.3) is 0 Å². The molecule has 0 unspecified atom stereocenters. The second-order valence-electron chi connectivity index (χ2n) is 5.41. The smallest absolute Gasteiger partial charge is 0.124 e. The molecule has 0 radical (unpaired) electrons. The molecule has 0 aromatic heterocycles. The van der Waals surface area contributed by atoms with E-state index < -0.39 is 0 Å². The largest absolute Gasteiger partial charge is 0.496 e. The summed E-state index contributed by atoms with van der Waals surface area (Å²) in [4.78, 5) is 0. The zero-order valence-electron chi connectivity index (χ0n) is 10.7. The maximum Gasteiger partial charge on any atom is 0.124 e. The average molecular weight is 254 g/mol. The van der Waals surface area contributed by atoms with Crippen LogP contribution in [0.1, 0.15) is 32.3 Å². The minimum Gasteiger partial charge on any atom is -0.496 e. The van der Waals surface area contributed by atoms with Gasteiger partial charge in [-0.05, 0) is 42.9 Å². The van der Waals surface area contributed by atoms with Gasteiger partial charge in [0, 0.05) is 16.1 Å². The Morgan fingerprint density at radius 2 is 2.06 bits per heavy atom. The van der Waals surface area contributed by atoms with Gasteiger partial charge in [-0.15, -0.1) is 0 Å². The third-order valence-electron chi connectivity index (χ3n) is 3.89. The van der Waals surface area contributed by atoms with Gasteiger partial charge in [-0.2, -0.15) is 0 Å². The molecule has 1 aliphatic rings. The molecule has 0 aliphatic heterocycles. The van der Waals surface area contributed by atoms with Crippen molar-refractivity contribution in [2.45, 2.75) is 32.2 Å². The highest BCUT2D eigenvalue weighted by Crippen LogP contribution is 2.49. The Hall–Kier alpha value is -0.730. The molecular formula is C14H20ClNO. The standard InChI is InChI=1S/C14H20ClNO/c1-9(2)10-7-14(16,8-10)12-6-11(15)4-5-13(12)17-3/h4-6,9-10H,7-8,16H2,1-3H3. The molecule has 0 atom stereocenters. The summed E-state index contributed by atoms with van der Waals surface area (Å²) in [5, 5.41) is 0.721. The van der Waals surface area contributed by atoms with Gasteiger partial charge in [0.15, 0.2) is 0 Å². The second-order valence-corrected chi connectivity index (χ2v) is 5.85. The van der Waals surface area contributed by atoms with Crippen molar-refractivity contribution in [2.24, 2.45) is 17.6 Å². The Morgan fingerprint density at radius 3 is 2.59 bits per heavy atom. The van der Waals surface area contributed by atoms with Gasteiger partial charge in [-0.25, -0.2) is 0 Å². The molecule has 0 amide bonds. The molecule has 1 aliphatic carbocycles. The molecule has 2 rings (SSSR count). The van der Waals surface area contributed by atoms with E-state index >= 15 is 0 Å². The second kappa shape index (κ2) is 4.51. The third kappa shape index (κ3) is 2.29. The number of hydrogen-bond donors (Lipinski definition) is 1. The predicted octanol–water partition coefficient (Wildman–Crippen LogP) is 3.57. The molecule has 1 aromatic carbocycles. The molecule has 3 heteroatoms. The van der Waals surface area contributed by atoms with E-state index in [0.29, 0.717) is 11.8 Å². The number of hydrogen-bond acceptors (Lipinski definition) is 2. The van der Waals surface area contributed by atoms with E-state index in [-0.39, 0.29) is 5.54 Å². The summed E-state index contributed by atoms with van der Waals surface area (Å²) in [7, 11) is 1.68. The zero-order chi connectivity index (χ0) is 12.6. The van der Waals surface area contributed by atoms with Crippen LogP contribution in [0.15, 0.2) is 18.2 Å². The molecule has 1 fully saturated rings. The van der Waals surface area contributed by atoms with Gasteiger partial charge < -0.3 is 10.5 Å².